The highest BCUT2D eigenvalue weighted by Crippen LogP contribution is 2.18. The molecule has 3 heteroatoms. The molecule has 0 spiro atoms. The van der Waals surface area contributed by atoms with Crippen molar-refractivity contribution in [1.82, 2.24) is 0 Å². The third kappa shape index (κ3) is 2.59. The molecule has 1 aromatic rings. The van der Waals surface area contributed by atoms with Gasteiger partial charge in [0.25, 0.3) is 0 Å². The normalized spacial score (nSPS) is 12.9. The summed E-state index contributed by atoms with van der Waals surface area (Å²) in [6.45, 7) is 12.5. The van der Waals surface area contributed by atoms with E-state index in [2.05, 4.69) is 57.0 Å². The fourth-order valence-corrected chi connectivity index (χ4v) is 6.42. The topological polar surface area (TPSA) is 20.2 Å². The van der Waals surface area contributed by atoms with Gasteiger partial charge in [-0.15, -0.1) is 0 Å². The van der Waals surface area contributed by atoms with Crippen LogP contribution in [0.15, 0.2) is 24.3 Å². The highest BCUT2D eigenvalue weighted by atomic mass is 29.3. The molecule has 0 bridgehead atoms. The van der Waals surface area contributed by atoms with Crippen molar-refractivity contribution >= 4 is 20.4 Å². The Balaban J connectivity index is 3.06. The van der Waals surface area contributed by atoms with Crippen molar-refractivity contribution in [2.75, 3.05) is 0 Å². The molecular formula is C12H22OSi2. The summed E-state index contributed by atoms with van der Waals surface area (Å²) in [5, 5.41) is 10.5. The summed E-state index contributed by atoms with van der Waals surface area (Å²) in [5.41, 5.74) is 1.01. The predicted molar refractivity (Wildman–Crippen MR) is 72.8 cm³/mol. The van der Waals surface area contributed by atoms with Gasteiger partial charge in [-0.05, 0) is 5.56 Å². The Bertz CT molecular complexity index is 322. The van der Waals surface area contributed by atoms with Crippen molar-refractivity contribution in [3.05, 3.63) is 29.8 Å². The van der Waals surface area contributed by atoms with Crippen LogP contribution in [0.2, 0.25) is 32.7 Å². The maximum absolute atomic E-state index is 9.01. The molecule has 15 heavy (non-hydrogen) atoms. The van der Waals surface area contributed by atoms with E-state index in [0.29, 0.717) is 0 Å². The number of hydrogen-bond donors (Lipinski definition) is 1. The predicted octanol–water partition coefficient (Wildman–Crippen LogP) is 2.51. The molecule has 0 aliphatic rings. The summed E-state index contributed by atoms with van der Waals surface area (Å²) in [6.07, 6.45) is 0. The third-order valence-corrected chi connectivity index (χ3v) is 21.4. The second-order valence-corrected chi connectivity index (χ2v) is 22.3. The van der Waals surface area contributed by atoms with Gasteiger partial charge in [0.2, 0.25) is 0 Å². The fourth-order valence-electron chi connectivity index (χ4n) is 1.46. The smallest absolute Gasteiger partial charge is 0.0736 e. The van der Waals surface area contributed by atoms with Gasteiger partial charge in [-0.1, -0.05) is 62.2 Å². The number of hydrogen-bond acceptors (Lipinski definition) is 1. The first-order valence-corrected chi connectivity index (χ1v) is 13.0. The SMILES string of the molecule is C[Si](C)(C)[Si](C)(C)c1ccc(CO)cc1. The largest absolute Gasteiger partial charge is 0.392 e. The average Bonchev–Trinajstić information content (AvgIpc) is 2.16. The molecule has 1 N–H and O–H groups in total. The molecule has 0 aliphatic heterocycles. The van der Waals surface area contributed by atoms with Gasteiger partial charge in [0.1, 0.15) is 0 Å². The minimum absolute atomic E-state index is 0.148. The van der Waals surface area contributed by atoms with Crippen LogP contribution >= 0.6 is 0 Å². The molecule has 0 unspecified atom stereocenters. The van der Waals surface area contributed by atoms with Gasteiger partial charge >= 0.3 is 0 Å². The molecule has 84 valence electrons. The maximum atomic E-state index is 9.01. The lowest BCUT2D eigenvalue weighted by Crippen LogP contribution is -2.61. The average molecular weight is 238 g/mol. The zero-order chi connectivity index (χ0) is 11.7. The van der Waals surface area contributed by atoms with Crippen LogP contribution in [0.1, 0.15) is 5.56 Å². The van der Waals surface area contributed by atoms with Gasteiger partial charge in [-0.3, -0.25) is 0 Å². The molecule has 0 aromatic heterocycles. The van der Waals surface area contributed by atoms with E-state index in [4.69, 9.17) is 5.11 Å². The van der Waals surface area contributed by atoms with E-state index in [9.17, 15) is 0 Å². The van der Waals surface area contributed by atoms with Gasteiger partial charge in [0, 0.05) is 7.59 Å². The van der Waals surface area contributed by atoms with E-state index >= 15 is 0 Å². The Kier molecular flexibility index (Phi) is 3.58. The lowest BCUT2D eigenvalue weighted by Gasteiger charge is -2.35. The van der Waals surface area contributed by atoms with E-state index < -0.39 is 15.2 Å². The van der Waals surface area contributed by atoms with Crippen LogP contribution in [-0.4, -0.2) is 20.3 Å². The summed E-state index contributed by atoms with van der Waals surface area (Å²) < 4.78 is 0. The molecule has 0 heterocycles. The van der Waals surface area contributed by atoms with E-state index in [1.807, 2.05) is 0 Å². The molecule has 1 rings (SSSR count). The van der Waals surface area contributed by atoms with Crippen molar-refractivity contribution in [2.24, 2.45) is 0 Å². The van der Waals surface area contributed by atoms with E-state index in [0.717, 1.165) is 5.56 Å². The van der Waals surface area contributed by atoms with Crippen LogP contribution in [0.3, 0.4) is 0 Å². The van der Waals surface area contributed by atoms with Crippen LogP contribution < -0.4 is 5.19 Å². The Hall–Kier alpha value is -0.386. The van der Waals surface area contributed by atoms with E-state index in [1.165, 1.54) is 5.19 Å². The monoisotopic (exact) mass is 238 g/mol. The van der Waals surface area contributed by atoms with Crippen LogP contribution in [0.25, 0.3) is 0 Å². The molecule has 0 saturated heterocycles. The summed E-state index contributed by atoms with van der Waals surface area (Å²) in [6, 6.07) is 8.56. The van der Waals surface area contributed by atoms with E-state index in [-0.39, 0.29) is 6.61 Å². The van der Waals surface area contributed by atoms with Crippen LogP contribution in [0, 0.1) is 0 Å². The van der Waals surface area contributed by atoms with Crippen molar-refractivity contribution in [1.29, 1.82) is 0 Å². The second-order valence-electron chi connectivity index (χ2n) is 5.73. The maximum Gasteiger partial charge on any atom is 0.0736 e. The summed E-state index contributed by atoms with van der Waals surface area (Å²) >= 11 is 0. The van der Waals surface area contributed by atoms with Gasteiger partial charge in [0.15, 0.2) is 0 Å². The first kappa shape index (κ1) is 12.7. The van der Waals surface area contributed by atoms with Gasteiger partial charge in [-0.25, -0.2) is 0 Å². The van der Waals surface area contributed by atoms with E-state index in [1.54, 1.807) is 0 Å². The number of benzene rings is 1. The van der Waals surface area contributed by atoms with Crippen molar-refractivity contribution in [2.45, 2.75) is 39.3 Å². The minimum atomic E-state index is -1.26. The van der Waals surface area contributed by atoms with Gasteiger partial charge in [-0.2, -0.15) is 0 Å². The summed E-state index contributed by atoms with van der Waals surface area (Å²) in [5.74, 6) is 0. The van der Waals surface area contributed by atoms with Crippen molar-refractivity contribution in [3.63, 3.8) is 0 Å². The van der Waals surface area contributed by atoms with Gasteiger partial charge in [0.05, 0.1) is 14.2 Å². The molecule has 0 saturated carbocycles. The molecule has 0 amide bonds. The van der Waals surface area contributed by atoms with Crippen molar-refractivity contribution < 1.29 is 5.11 Å². The molecule has 0 aliphatic carbocycles. The van der Waals surface area contributed by atoms with Crippen LogP contribution in [-0.2, 0) is 6.61 Å². The quantitative estimate of drug-likeness (QED) is 0.802. The zero-order valence-corrected chi connectivity index (χ0v) is 12.5. The Morgan fingerprint density at radius 3 is 1.73 bits per heavy atom. The highest BCUT2D eigenvalue weighted by Gasteiger charge is 2.37. The standard InChI is InChI=1S/C12H22OSi2/c1-14(2,3)15(4,5)12-8-6-11(10-13)7-9-12/h6-9,13H,10H2,1-5H3. The van der Waals surface area contributed by atoms with Gasteiger partial charge < -0.3 is 5.11 Å². The minimum Gasteiger partial charge on any atom is -0.392 e. The highest BCUT2D eigenvalue weighted by molar-refractivity contribution is 7.45. The summed E-state index contributed by atoms with van der Waals surface area (Å²) in [7, 11) is -2.34. The van der Waals surface area contributed by atoms with Crippen LogP contribution in [0.5, 0.6) is 0 Å². The lowest BCUT2D eigenvalue weighted by atomic mass is 10.2. The Morgan fingerprint density at radius 2 is 1.40 bits per heavy atom. The third-order valence-electron chi connectivity index (χ3n) is 3.73. The summed E-state index contributed by atoms with van der Waals surface area (Å²) in [4.78, 5) is 0. The first-order chi connectivity index (χ1) is 6.79. The fraction of sp³-hybridized carbons (Fsp3) is 0.500. The molecule has 0 fully saturated rings. The number of rotatable bonds is 3. The molecule has 0 atom stereocenters. The lowest BCUT2D eigenvalue weighted by molar-refractivity contribution is 0.282. The molecule has 1 aromatic carbocycles. The van der Waals surface area contributed by atoms with Crippen LogP contribution in [0.4, 0.5) is 0 Å². The number of aliphatic hydroxyl groups excluding tert-OH is 1. The molecular weight excluding hydrogens is 216 g/mol. The molecule has 1 nitrogen and oxygen atoms in total. The zero-order valence-electron chi connectivity index (χ0n) is 10.5. The second kappa shape index (κ2) is 4.24. The Labute approximate surface area is 95.0 Å². The Morgan fingerprint density at radius 1 is 0.933 bits per heavy atom. The molecule has 0 radical (unpaired) electrons. The number of aliphatic hydroxyl groups is 1. The van der Waals surface area contributed by atoms with Crippen molar-refractivity contribution in [3.8, 4) is 0 Å². The first-order valence-electron chi connectivity index (χ1n) is 5.49.